The van der Waals surface area contributed by atoms with Gasteiger partial charge in [-0.25, -0.2) is 9.97 Å². The van der Waals surface area contributed by atoms with Gasteiger partial charge in [-0.15, -0.1) is 0 Å². The Morgan fingerprint density at radius 3 is 2.19 bits per heavy atom. The number of hydrogen-bond donors (Lipinski definition) is 3. The minimum Gasteiger partial charge on any atom is -0.497 e. The summed E-state index contributed by atoms with van der Waals surface area (Å²) in [4.78, 5) is 8.53. The Balaban J connectivity index is 1.91. The van der Waals surface area contributed by atoms with Gasteiger partial charge in [0.25, 0.3) is 0 Å². The normalized spacial score (nSPS) is 10.4. The number of methoxy groups -OCH3 is 2. The molecule has 0 aliphatic rings. The highest BCUT2D eigenvalue weighted by atomic mass is 16.5. The molecule has 7 nitrogen and oxygen atoms in total. The Morgan fingerprint density at radius 1 is 0.852 bits per heavy atom. The lowest BCUT2D eigenvalue weighted by Crippen LogP contribution is -2.06. The van der Waals surface area contributed by atoms with Crippen molar-refractivity contribution in [2.75, 3.05) is 30.6 Å². The first kappa shape index (κ1) is 18.3. The van der Waals surface area contributed by atoms with Crippen molar-refractivity contribution >= 4 is 28.7 Å². The number of aryl methyl sites for hydroxylation is 2. The summed E-state index contributed by atoms with van der Waals surface area (Å²) >= 11 is 0. The van der Waals surface area contributed by atoms with Crippen molar-refractivity contribution in [3.8, 4) is 11.5 Å². The van der Waals surface area contributed by atoms with E-state index < -0.39 is 0 Å². The number of nitrogens with two attached hydrogens (primary N) is 1. The zero-order valence-electron chi connectivity index (χ0n) is 15.8. The second-order valence-corrected chi connectivity index (χ2v) is 6.12. The fourth-order valence-corrected chi connectivity index (χ4v) is 2.72. The molecular formula is C20H23N5O2. The maximum atomic E-state index is 6.30. The standard InChI is InChI=1S/C20H23N5O2/c1-12-5-7-15(13(2)9-12)24-19-18(21)20(23-11-22-19)25-16-10-14(26-3)6-8-17(16)27-4/h5-11H,21H2,1-4H3,(H2,22,23,24,25). The smallest absolute Gasteiger partial charge is 0.159 e. The van der Waals surface area contributed by atoms with Crippen LogP contribution in [0.2, 0.25) is 0 Å². The minimum absolute atomic E-state index is 0.405. The van der Waals surface area contributed by atoms with Crippen molar-refractivity contribution < 1.29 is 9.47 Å². The van der Waals surface area contributed by atoms with Crippen molar-refractivity contribution in [1.82, 2.24) is 9.97 Å². The molecule has 0 radical (unpaired) electrons. The van der Waals surface area contributed by atoms with E-state index in [1.54, 1.807) is 14.2 Å². The van der Waals surface area contributed by atoms with E-state index in [-0.39, 0.29) is 0 Å². The van der Waals surface area contributed by atoms with Crippen LogP contribution in [0.25, 0.3) is 0 Å². The van der Waals surface area contributed by atoms with E-state index in [0.717, 1.165) is 11.3 Å². The van der Waals surface area contributed by atoms with Crippen LogP contribution < -0.4 is 25.8 Å². The molecule has 0 bridgehead atoms. The zero-order chi connectivity index (χ0) is 19.4. The second kappa shape index (κ2) is 7.82. The van der Waals surface area contributed by atoms with Crippen molar-refractivity contribution in [3.05, 3.63) is 53.9 Å². The lowest BCUT2D eigenvalue weighted by atomic mass is 10.1. The van der Waals surface area contributed by atoms with Gasteiger partial charge in [0.15, 0.2) is 11.6 Å². The SMILES string of the molecule is COc1ccc(OC)c(Nc2ncnc(Nc3ccc(C)cc3C)c2N)c1. The molecular weight excluding hydrogens is 342 g/mol. The molecule has 0 spiro atoms. The lowest BCUT2D eigenvalue weighted by Gasteiger charge is -2.16. The molecule has 0 aliphatic heterocycles. The first-order valence-corrected chi connectivity index (χ1v) is 8.45. The maximum Gasteiger partial charge on any atom is 0.159 e. The van der Waals surface area contributed by atoms with Gasteiger partial charge in [0.1, 0.15) is 23.5 Å². The van der Waals surface area contributed by atoms with Gasteiger partial charge >= 0.3 is 0 Å². The van der Waals surface area contributed by atoms with E-state index in [2.05, 4.69) is 33.6 Å². The molecule has 0 atom stereocenters. The van der Waals surface area contributed by atoms with Gasteiger partial charge in [0.05, 0.1) is 19.9 Å². The van der Waals surface area contributed by atoms with Crippen LogP contribution in [0.4, 0.5) is 28.7 Å². The molecule has 0 unspecified atom stereocenters. The van der Waals surface area contributed by atoms with Crippen molar-refractivity contribution in [2.45, 2.75) is 13.8 Å². The van der Waals surface area contributed by atoms with E-state index in [0.29, 0.717) is 34.5 Å². The fraction of sp³-hybridized carbons (Fsp3) is 0.200. The molecule has 1 heterocycles. The molecule has 0 amide bonds. The predicted molar refractivity (Wildman–Crippen MR) is 108 cm³/mol. The van der Waals surface area contributed by atoms with Crippen molar-refractivity contribution in [1.29, 1.82) is 0 Å². The quantitative estimate of drug-likeness (QED) is 0.603. The van der Waals surface area contributed by atoms with Crippen LogP contribution >= 0.6 is 0 Å². The number of rotatable bonds is 6. The number of hydrogen-bond acceptors (Lipinski definition) is 7. The van der Waals surface area contributed by atoms with E-state index in [1.165, 1.54) is 11.9 Å². The topological polar surface area (TPSA) is 94.3 Å². The summed E-state index contributed by atoms with van der Waals surface area (Å²) in [6.07, 6.45) is 1.46. The van der Waals surface area contributed by atoms with Gasteiger partial charge in [-0.05, 0) is 37.6 Å². The summed E-state index contributed by atoms with van der Waals surface area (Å²) in [5.74, 6) is 2.35. The Hall–Kier alpha value is -3.48. The third-order valence-electron chi connectivity index (χ3n) is 4.18. The van der Waals surface area contributed by atoms with Crippen LogP contribution in [-0.2, 0) is 0 Å². The van der Waals surface area contributed by atoms with Gasteiger partial charge in [0, 0.05) is 11.8 Å². The average molecular weight is 365 g/mol. The number of anilines is 5. The summed E-state index contributed by atoms with van der Waals surface area (Å²) in [6, 6.07) is 11.6. The van der Waals surface area contributed by atoms with Crippen LogP contribution in [0.5, 0.6) is 11.5 Å². The summed E-state index contributed by atoms with van der Waals surface area (Å²) in [5, 5.41) is 6.47. The van der Waals surface area contributed by atoms with Crippen LogP contribution in [0.15, 0.2) is 42.7 Å². The summed E-state index contributed by atoms with van der Waals surface area (Å²) in [6.45, 7) is 4.09. The van der Waals surface area contributed by atoms with E-state index >= 15 is 0 Å². The third-order valence-corrected chi connectivity index (χ3v) is 4.18. The molecule has 27 heavy (non-hydrogen) atoms. The Kier molecular flexibility index (Phi) is 5.30. The largest absolute Gasteiger partial charge is 0.497 e. The molecule has 0 saturated carbocycles. The number of nitrogens with one attached hydrogen (secondary N) is 2. The van der Waals surface area contributed by atoms with Gasteiger partial charge < -0.3 is 25.8 Å². The molecule has 140 valence electrons. The molecule has 0 aliphatic carbocycles. The number of ether oxygens (including phenoxy) is 2. The van der Waals surface area contributed by atoms with Crippen LogP contribution in [0.1, 0.15) is 11.1 Å². The highest BCUT2D eigenvalue weighted by Crippen LogP contribution is 2.34. The predicted octanol–water partition coefficient (Wildman–Crippen LogP) is 4.18. The molecule has 1 aromatic heterocycles. The number of nitrogen functional groups attached to an aromatic ring is 1. The molecule has 3 aromatic rings. The zero-order valence-corrected chi connectivity index (χ0v) is 15.8. The third kappa shape index (κ3) is 4.03. The van der Waals surface area contributed by atoms with Crippen molar-refractivity contribution in [3.63, 3.8) is 0 Å². The van der Waals surface area contributed by atoms with Gasteiger partial charge in [-0.2, -0.15) is 0 Å². The Labute approximate surface area is 158 Å². The summed E-state index contributed by atoms with van der Waals surface area (Å²) in [5.41, 5.74) is 10.6. The molecule has 7 heteroatoms. The molecule has 3 rings (SSSR count). The molecule has 0 saturated heterocycles. The number of benzene rings is 2. The monoisotopic (exact) mass is 365 g/mol. The second-order valence-electron chi connectivity index (χ2n) is 6.12. The first-order chi connectivity index (χ1) is 13.0. The van der Waals surface area contributed by atoms with Crippen molar-refractivity contribution in [2.24, 2.45) is 0 Å². The summed E-state index contributed by atoms with van der Waals surface area (Å²) < 4.78 is 10.7. The van der Waals surface area contributed by atoms with Crippen LogP contribution in [-0.4, -0.2) is 24.2 Å². The molecule has 0 fully saturated rings. The van der Waals surface area contributed by atoms with E-state index in [1.807, 2.05) is 37.3 Å². The van der Waals surface area contributed by atoms with Crippen LogP contribution in [0, 0.1) is 13.8 Å². The first-order valence-electron chi connectivity index (χ1n) is 8.45. The fourth-order valence-electron chi connectivity index (χ4n) is 2.72. The highest BCUT2D eigenvalue weighted by molar-refractivity contribution is 5.82. The Morgan fingerprint density at radius 2 is 1.56 bits per heavy atom. The van der Waals surface area contributed by atoms with Gasteiger partial charge in [-0.3, -0.25) is 0 Å². The van der Waals surface area contributed by atoms with Gasteiger partial charge in [0.2, 0.25) is 0 Å². The number of nitrogens with zero attached hydrogens (tertiary/aromatic N) is 2. The molecule has 4 N–H and O–H groups in total. The van der Waals surface area contributed by atoms with E-state index in [9.17, 15) is 0 Å². The highest BCUT2D eigenvalue weighted by Gasteiger charge is 2.12. The summed E-state index contributed by atoms with van der Waals surface area (Å²) in [7, 11) is 3.21. The Bertz CT molecular complexity index is 959. The molecule has 2 aromatic carbocycles. The van der Waals surface area contributed by atoms with E-state index in [4.69, 9.17) is 15.2 Å². The maximum absolute atomic E-state index is 6.30. The number of aromatic nitrogens is 2. The average Bonchev–Trinajstić information content (AvgIpc) is 2.66. The minimum atomic E-state index is 0.405. The lowest BCUT2D eigenvalue weighted by molar-refractivity contribution is 0.405. The van der Waals surface area contributed by atoms with Gasteiger partial charge in [-0.1, -0.05) is 17.7 Å². The van der Waals surface area contributed by atoms with Crippen LogP contribution in [0.3, 0.4) is 0 Å².